The van der Waals surface area contributed by atoms with Gasteiger partial charge in [0.05, 0.1) is 12.7 Å². The molecule has 0 aliphatic heterocycles. The maximum atomic E-state index is 11.6. The van der Waals surface area contributed by atoms with Gasteiger partial charge in [-0.3, -0.25) is 0 Å². The highest BCUT2D eigenvalue weighted by Gasteiger charge is 2.12. The van der Waals surface area contributed by atoms with E-state index in [9.17, 15) is 9.59 Å². The highest BCUT2D eigenvalue weighted by Crippen LogP contribution is 2.21. The minimum absolute atomic E-state index is 0.225. The predicted octanol–water partition coefficient (Wildman–Crippen LogP) is 2.74. The third kappa shape index (κ3) is 2.97. The van der Waals surface area contributed by atoms with Crippen LogP contribution < -0.4 is 0 Å². The quantitative estimate of drug-likeness (QED) is 0.657. The summed E-state index contributed by atoms with van der Waals surface area (Å²) in [5.41, 5.74) is 2.45. The summed E-state index contributed by atoms with van der Waals surface area (Å²) in [7, 11) is 1.35. The number of carboxylic acids is 1. The number of rotatable bonds is 4. The van der Waals surface area contributed by atoms with E-state index in [1.54, 1.807) is 12.1 Å². The molecule has 0 spiro atoms. The van der Waals surface area contributed by atoms with Gasteiger partial charge in [-0.25, -0.2) is 9.59 Å². The fraction of sp³-hybridized carbons (Fsp3) is 0.286. The first-order chi connectivity index (χ1) is 8.51. The van der Waals surface area contributed by atoms with Gasteiger partial charge in [0.1, 0.15) is 0 Å². The van der Waals surface area contributed by atoms with Crippen molar-refractivity contribution in [2.75, 3.05) is 7.11 Å². The lowest BCUT2D eigenvalue weighted by Crippen LogP contribution is -2.06. The molecule has 0 fully saturated rings. The van der Waals surface area contributed by atoms with Crippen LogP contribution >= 0.6 is 0 Å². The first-order valence-electron chi connectivity index (χ1n) is 5.63. The van der Waals surface area contributed by atoms with Crippen molar-refractivity contribution < 1.29 is 19.4 Å². The van der Waals surface area contributed by atoms with E-state index in [-0.39, 0.29) is 11.5 Å². The van der Waals surface area contributed by atoms with Crippen LogP contribution in [0.5, 0.6) is 0 Å². The van der Waals surface area contributed by atoms with Crippen LogP contribution in [0, 0.1) is 0 Å². The monoisotopic (exact) mass is 248 g/mol. The van der Waals surface area contributed by atoms with Crippen LogP contribution in [-0.4, -0.2) is 24.2 Å². The molecular weight excluding hydrogens is 232 g/mol. The van der Waals surface area contributed by atoms with Crippen molar-refractivity contribution in [3.8, 4) is 0 Å². The minimum atomic E-state index is -0.966. The van der Waals surface area contributed by atoms with Crippen molar-refractivity contribution in [1.29, 1.82) is 0 Å². The second kappa shape index (κ2) is 6.00. The number of aromatic carboxylic acids is 1. The lowest BCUT2D eigenvalue weighted by molar-refractivity contribution is -0.136. The second-order valence-electron chi connectivity index (χ2n) is 3.83. The molecule has 1 N–H and O–H groups in total. The van der Waals surface area contributed by atoms with Gasteiger partial charge in [-0.2, -0.15) is 0 Å². The number of carboxylic acid groups (broad SMARTS) is 1. The Balaban J connectivity index is 3.15. The molecule has 0 radical (unpaired) electrons. The van der Waals surface area contributed by atoms with Gasteiger partial charge in [0.25, 0.3) is 0 Å². The summed E-state index contributed by atoms with van der Waals surface area (Å²) < 4.78 is 4.72. The maximum absolute atomic E-state index is 11.6. The Morgan fingerprint density at radius 2 is 1.67 bits per heavy atom. The zero-order valence-corrected chi connectivity index (χ0v) is 10.7. The van der Waals surface area contributed by atoms with Crippen LogP contribution in [0.1, 0.15) is 36.2 Å². The number of hydrogen-bond acceptors (Lipinski definition) is 3. The molecular formula is C14H16O4. The van der Waals surface area contributed by atoms with Gasteiger partial charge in [-0.15, -0.1) is 0 Å². The van der Waals surface area contributed by atoms with Crippen LogP contribution in [0.15, 0.2) is 29.8 Å². The van der Waals surface area contributed by atoms with Gasteiger partial charge >= 0.3 is 11.9 Å². The minimum Gasteiger partial charge on any atom is -0.478 e. The molecule has 1 aromatic rings. The Kier molecular flexibility index (Phi) is 4.66. The molecule has 1 aromatic carbocycles. The van der Waals surface area contributed by atoms with E-state index in [2.05, 4.69) is 0 Å². The van der Waals surface area contributed by atoms with Gasteiger partial charge in [0.15, 0.2) is 0 Å². The molecule has 96 valence electrons. The highest BCUT2D eigenvalue weighted by molar-refractivity contribution is 5.97. The molecule has 1 rings (SSSR count). The largest absolute Gasteiger partial charge is 0.478 e. The highest BCUT2D eigenvalue weighted by atomic mass is 16.5. The predicted molar refractivity (Wildman–Crippen MR) is 68.3 cm³/mol. The summed E-state index contributed by atoms with van der Waals surface area (Å²) in [5, 5.41) is 8.81. The van der Waals surface area contributed by atoms with Gasteiger partial charge < -0.3 is 9.84 Å². The fourth-order valence-electron chi connectivity index (χ4n) is 1.72. The zero-order valence-electron chi connectivity index (χ0n) is 10.7. The van der Waals surface area contributed by atoms with Gasteiger partial charge in [-0.1, -0.05) is 19.1 Å². The lowest BCUT2D eigenvalue weighted by Gasteiger charge is -2.09. The van der Waals surface area contributed by atoms with Gasteiger partial charge in [-0.05, 0) is 36.6 Å². The van der Waals surface area contributed by atoms with Crippen LogP contribution in [0.2, 0.25) is 0 Å². The topological polar surface area (TPSA) is 63.6 Å². The first-order valence-corrected chi connectivity index (χ1v) is 5.63. The standard InChI is InChI=1S/C14H16O4/c1-4-12(14(17)18-3)9(2)10-5-7-11(8-6-10)13(15)16/h5-8H,4H2,1-3H3,(H,15,16). The molecule has 4 heteroatoms. The Morgan fingerprint density at radius 1 is 1.17 bits per heavy atom. The average Bonchev–Trinajstić information content (AvgIpc) is 2.39. The van der Waals surface area contributed by atoms with E-state index in [1.165, 1.54) is 19.2 Å². The lowest BCUT2D eigenvalue weighted by atomic mass is 9.99. The SMILES string of the molecule is CCC(C(=O)OC)=C(C)c1ccc(C(=O)O)cc1. The first kappa shape index (κ1) is 14.0. The summed E-state index contributed by atoms with van der Waals surface area (Å²) in [4.78, 5) is 22.3. The fourth-order valence-corrected chi connectivity index (χ4v) is 1.72. The molecule has 18 heavy (non-hydrogen) atoms. The molecule has 0 heterocycles. The summed E-state index contributed by atoms with van der Waals surface area (Å²) in [6.45, 7) is 3.70. The van der Waals surface area contributed by atoms with E-state index in [0.29, 0.717) is 12.0 Å². The van der Waals surface area contributed by atoms with Crippen molar-refractivity contribution in [2.24, 2.45) is 0 Å². The van der Waals surface area contributed by atoms with Crippen molar-refractivity contribution in [3.63, 3.8) is 0 Å². The summed E-state index contributed by atoms with van der Waals surface area (Å²) in [6, 6.07) is 6.42. The van der Waals surface area contributed by atoms with Crippen molar-refractivity contribution >= 4 is 17.5 Å². The number of hydrogen-bond donors (Lipinski definition) is 1. The Labute approximate surface area is 106 Å². The number of methoxy groups -OCH3 is 1. The van der Waals surface area contributed by atoms with Crippen LogP contribution in [0.25, 0.3) is 5.57 Å². The normalized spacial score (nSPS) is 11.7. The molecule has 0 unspecified atom stereocenters. The Morgan fingerprint density at radius 3 is 2.06 bits per heavy atom. The van der Waals surface area contributed by atoms with E-state index in [4.69, 9.17) is 9.84 Å². The van der Waals surface area contributed by atoms with Crippen LogP contribution in [0.3, 0.4) is 0 Å². The molecule has 0 amide bonds. The van der Waals surface area contributed by atoms with Crippen molar-refractivity contribution in [2.45, 2.75) is 20.3 Å². The number of allylic oxidation sites excluding steroid dienone is 1. The smallest absolute Gasteiger partial charge is 0.335 e. The maximum Gasteiger partial charge on any atom is 0.335 e. The molecule has 4 nitrogen and oxygen atoms in total. The van der Waals surface area contributed by atoms with Crippen molar-refractivity contribution in [1.82, 2.24) is 0 Å². The Bertz CT molecular complexity index is 483. The van der Waals surface area contributed by atoms with Gasteiger partial charge in [0.2, 0.25) is 0 Å². The third-order valence-electron chi connectivity index (χ3n) is 2.80. The van der Waals surface area contributed by atoms with E-state index >= 15 is 0 Å². The Hall–Kier alpha value is -2.10. The number of benzene rings is 1. The second-order valence-corrected chi connectivity index (χ2v) is 3.83. The number of ether oxygens (including phenoxy) is 1. The zero-order chi connectivity index (χ0) is 13.7. The van der Waals surface area contributed by atoms with Crippen LogP contribution in [0.4, 0.5) is 0 Å². The van der Waals surface area contributed by atoms with Crippen molar-refractivity contribution in [3.05, 3.63) is 41.0 Å². The number of esters is 1. The summed E-state index contributed by atoms with van der Waals surface area (Å²) >= 11 is 0. The van der Waals surface area contributed by atoms with E-state index in [1.807, 2.05) is 13.8 Å². The molecule has 0 aromatic heterocycles. The molecule has 0 aliphatic carbocycles. The molecule has 0 bridgehead atoms. The molecule has 0 saturated heterocycles. The summed E-state index contributed by atoms with van der Waals surface area (Å²) in [6.07, 6.45) is 0.569. The van der Waals surface area contributed by atoms with E-state index in [0.717, 1.165) is 11.1 Å². The number of carbonyl (C=O) groups excluding carboxylic acids is 1. The number of carbonyl (C=O) groups is 2. The summed E-state index contributed by atoms with van der Waals surface area (Å²) in [5.74, 6) is -1.32. The van der Waals surface area contributed by atoms with Gasteiger partial charge in [0, 0.05) is 5.57 Å². The molecule has 0 saturated carbocycles. The van der Waals surface area contributed by atoms with E-state index < -0.39 is 5.97 Å². The average molecular weight is 248 g/mol. The molecule has 0 aliphatic rings. The molecule has 0 atom stereocenters. The third-order valence-corrected chi connectivity index (χ3v) is 2.80. The van der Waals surface area contributed by atoms with Crippen LogP contribution in [-0.2, 0) is 9.53 Å².